The van der Waals surface area contributed by atoms with Crippen molar-refractivity contribution in [2.24, 2.45) is 0 Å². The number of carboxylic acids is 2. The third-order valence-corrected chi connectivity index (χ3v) is 7.56. The topological polar surface area (TPSA) is 202 Å². The van der Waals surface area contributed by atoms with Gasteiger partial charge in [0.2, 0.25) is 15.9 Å². The van der Waals surface area contributed by atoms with E-state index in [1.165, 1.54) is 30.3 Å². The number of ether oxygens (including phenoxy) is 1. The second-order valence-corrected chi connectivity index (χ2v) is 10.9. The first-order chi connectivity index (χ1) is 20.0. The molecule has 0 aliphatic carbocycles. The van der Waals surface area contributed by atoms with Gasteiger partial charge in [-0.3, -0.25) is 14.9 Å². The van der Waals surface area contributed by atoms with E-state index in [1.54, 1.807) is 6.07 Å². The molecule has 0 aromatic heterocycles. The molecule has 3 aromatic carbocycles. The highest BCUT2D eigenvalue weighted by Crippen LogP contribution is 2.32. The number of unbranched alkanes of at least 4 members (excludes halogenated alkanes) is 1. The molecule has 42 heavy (non-hydrogen) atoms. The number of aryl methyl sites for hydroxylation is 1. The summed E-state index contributed by atoms with van der Waals surface area (Å²) in [7, 11) is -4.18. The summed E-state index contributed by atoms with van der Waals surface area (Å²) < 4.78 is 33.4. The van der Waals surface area contributed by atoms with Gasteiger partial charge in [-0.05, 0) is 48.6 Å². The number of benzene rings is 3. The first-order valence-corrected chi connectivity index (χ1v) is 14.2. The molecule has 1 unspecified atom stereocenters. The lowest BCUT2D eigenvalue weighted by Crippen LogP contribution is -2.35. The minimum absolute atomic E-state index is 0.00464. The van der Waals surface area contributed by atoms with Gasteiger partial charge in [0, 0.05) is 19.0 Å². The van der Waals surface area contributed by atoms with E-state index in [1.807, 2.05) is 30.3 Å². The number of aliphatic carboxylic acids is 2. The smallest absolute Gasteiger partial charge is 0.356 e. The van der Waals surface area contributed by atoms with Crippen LogP contribution < -0.4 is 14.8 Å². The molecule has 3 aromatic rings. The first kappa shape index (κ1) is 31.7. The Bertz CT molecular complexity index is 1500. The Morgan fingerprint density at radius 1 is 0.905 bits per heavy atom. The van der Waals surface area contributed by atoms with Gasteiger partial charge in [0.25, 0.3) is 6.10 Å². The van der Waals surface area contributed by atoms with Gasteiger partial charge < -0.3 is 20.3 Å². The average molecular weight is 600 g/mol. The zero-order chi connectivity index (χ0) is 30.7. The van der Waals surface area contributed by atoms with Gasteiger partial charge in [0.05, 0.1) is 15.9 Å². The van der Waals surface area contributed by atoms with Crippen LogP contribution in [0, 0.1) is 10.1 Å². The van der Waals surface area contributed by atoms with Gasteiger partial charge in [0.1, 0.15) is 0 Å². The lowest BCUT2D eigenvalue weighted by Gasteiger charge is -2.20. The van der Waals surface area contributed by atoms with Crippen molar-refractivity contribution in [3.8, 4) is 5.75 Å². The fourth-order valence-electron chi connectivity index (χ4n) is 3.99. The lowest BCUT2D eigenvalue weighted by molar-refractivity contribution is -0.386. The van der Waals surface area contributed by atoms with Crippen molar-refractivity contribution in [3.05, 3.63) is 100 Å². The number of carbonyl (C=O) groups excluding carboxylic acids is 1. The number of hydrogen-bond acceptors (Lipinski definition) is 8. The monoisotopic (exact) mass is 599 g/mol. The molecule has 0 aliphatic rings. The summed E-state index contributed by atoms with van der Waals surface area (Å²) in [6.45, 7) is 0.322. The van der Waals surface area contributed by atoms with Crippen molar-refractivity contribution in [2.75, 3.05) is 6.54 Å². The molecule has 4 N–H and O–H groups in total. The molecule has 0 radical (unpaired) electrons. The molecule has 14 heteroatoms. The normalized spacial score (nSPS) is 11.9. The number of nitro groups is 1. The Kier molecular flexibility index (Phi) is 11.1. The third kappa shape index (κ3) is 9.11. The second kappa shape index (κ2) is 14.7. The molecule has 0 aliphatic heterocycles. The van der Waals surface area contributed by atoms with Crippen LogP contribution >= 0.6 is 0 Å². The predicted octanol–water partition coefficient (Wildman–Crippen LogP) is 3.06. The van der Waals surface area contributed by atoms with Crippen LogP contribution in [0.5, 0.6) is 5.75 Å². The van der Waals surface area contributed by atoms with E-state index < -0.39 is 62.8 Å². The molecule has 0 fully saturated rings. The SMILES string of the molecule is O=C(CC(NS(=O)(=O)c1ccccc1)c1ccc(OC(C(=O)O)C(=O)O)c([N+](=O)[O-])c1)NCCCCc1ccccc1. The molecule has 222 valence electrons. The zero-order valence-electron chi connectivity index (χ0n) is 22.2. The lowest BCUT2D eigenvalue weighted by atomic mass is 10.0. The Balaban J connectivity index is 1.81. The van der Waals surface area contributed by atoms with Gasteiger partial charge in [0.15, 0.2) is 5.75 Å². The van der Waals surface area contributed by atoms with Gasteiger partial charge in [-0.2, -0.15) is 0 Å². The number of nitrogens with one attached hydrogen (secondary N) is 2. The number of nitrogens with zero attached hydrogens (tertiary/aromatic N) is 1. The number of sulfonamides is 1. The van der Waals surface area contributed by atoms with E-state index in [2.05, 4.69) is 10.0 Å². The number of amides is 1. The quantitative estimate of drug-likeness (QED) is 0.0820. The minimum atomic E-state index is -4.18. The highest BCUT2D eigenvalue weighted by atomic mass is 32.2. The Hall–Kier alpha value is -4.82. The summed E-state index contributed by atoms with van der Waals surface area (Å²) in [5.41, 5.74) is 0.339. The maximum absolute atomic E-state index is 13.1. The minimum Gasteiger partial charge on any atom is -0.478 e. The van der Waals surface area contributed by atoms with Crippen LogP contribution in [-0.2, 0) is 30.8 Å². The molecular formula is C28H29N3O10S. The molecule has 1 atom stereocenters. The number of carboxylic acid groups (broad SMARTS) is 2. The highest BCUT2D eigenvalue weighted by molar-refractivity contribution is 7.89. The molecule has 0 bridgehead atoms. The number of nitro benzene ring substituents is 1. The van der Waals surface area contributed by atoms with Crippen LogP contribution in [0.4, 0.5) is 5.69 Å². The largest absolute Gasteiger partial charge is 0.478 e. The molecule has 0 heterocycles. The number of rotatable bonds is 16. The van der Waals surface area contributed by atoms with Gasteiger partial charge in [-0.25, -0.2) is 22.7 Å². The predicted molar refractivity (Wildman–Crippen MR) is 149 cm³/mol. The summed E-state index contributed by atoms with van der Waals surface area (Å²) in [5.74, 6) is -4.94. The average Bonchev–Trinajstić information content (AvgIpc) is 2.96. The molecular weight excluding hydrogens is 570 g/mol. The summed E-state index contributed by atoms with van der Waals surface area (Å²) in [6, 6.07) is 18.9. The zero-order valence-corrected chi connectivity index (χ0v) is 23.0. The standard InChI is InChI=1S/C28H29N3O10S/c32-25(29-16-8-7-11-19-9-3-1-4-10-19)18-22(30-42(39,40)21-12-5-2-6-13-21)20-14-15-24(23(17-20)31(37)38)41-26(27(33)34)28(35)36/h1-6,9-10,12-15,17,22,26,30H,7-8,11,16,18H2,(H,29,32)(H,33,34)(H,35,36). The van der Waals surface area contributed by atoms with Crippen LogP contribution in [0.25, 0.3) is 0 Å². The van der Waals surface area contributed by atoms with Crippen molar-refractivity contribution in [2.45, 2.75) is 42.7 Å². The van der Waals surface area contributed by atoms with Gasteiger partial charge >= 0.3 is 17.6 Å². The third-order valence-electron chi connectivity index (χ3n) is 6.07. The molecule has 0 saturated heterocycles. The molecule has 13 nitrogen and oxygen atoms in total. The van der Waals surface area contributed by atoms with Crippen molar-refractivity contribution in [3.63, 3.8) is 0 Å². The van der Waals surface area contributed by atoms with E-state index in [4.69, 9.17) is 14.9 Å². The van der Waals surface area contributed by atoms with E-state index in [9.17, 15) is 32.9 Å². The Morgan fingerprint density at radius 2 is 1.52 bits per heavy atom. The van der Waals surface area contributed by atoms with E-state index >= 15 is 0 Å². The summed E-state index contributed by atoms with van der Waals surface area (Å²) in [6.07, 6.45) is -0.564. The van der Waals surface area contributed by atoms with Crippen LogP contribution in [0.3, 0.4) is 0 Å². The fourth-order valence-corrected chi connectivity index (χ4v) is 5.24. The highest BCUT2D eigenvalue weighted by Gasteiger charge is 2.32. The second-order valence-electron chi connectivity index (χ2n) is 9.14. The van der Waals surface area contributed by atoms with Crippen molar-refractivity contribution < 1.29 is 42.7 Å². The molecule has 0 saturated carbocycles. The first-order valence-electron chi connectivity index (χ1n) is 12.8. The van der Waals surface area contributed by atoms with Gasteiger partial charge in [-0.1, -0.05) is 54.6 Å². The molecule has 0 spiro atoms. The van der Waals surface area contributed by atoms with Crippen molar-refractivity contribution in [1.29, 1.82) is 0 Å². The van der Waals surface area contributed by atoms with Crippen LogP contribution in [0.15, 0.2) is 83.8 Å². The van der Waals surface area contributed by atoms with Crippen molar-refractivity contribution in [1.82, 2.24) is 10.0 Å². The summed E-state index contributed by atoms with van der Waals surface area (Å²) in [4.78, 5) is 46.0. The van der Waals surface area contributed by atoms with Crippen LogP contribution in [-0.4, -0.2) is 54.0 Å². The number of hydrogen-bond donors (Lipinski definition) is 4. The maximum atomic E-state index is 13.1. The Labute approximate surface area is 241 Å². The maximum Gasteiger partial charge on any atom is 0.356 e. The molecule has 3 rings (SSSR count). The van der Waals surface area contributed by atoms with Crippen LogP contribution in [0.1, 0.15) is 36.4 Å². The summed E-state index contributed by atoms with van der Waals surface area (Å²) in [5, 5.41) is 32.7. The fraction of sp³-hybridized carbons (Fsp3) is 0.250. The van der Waals surface area contributed by atoms with Crippen LogP contribution in [0.2, 0.25) is 0 Å². The van der Waals surface area contributed by atoms with E-state index in [0.717, 1.165) is 30.5 Å². The Morgan fingerprint density at radius 3 is 2.12 bits per heavy atom. The van der Waals surface area contributed by atoms with E-state index in [-0.39, 0.29) is 10.5 Å². The van der Waals surface area contributed by atoms with Crippen molar-refractivity contribution >= 4 is 33.6 Å². The van der Waals surface area contributed by atoms with E-state index in [0.29, 0.717) is 13.0 Å². The molecule has 1 amide bonds. The van der Waals surface area contributed by atoms with Gasteiger partial charge in [-0.15, -0.1) is 0 Å². The number of carbonyl (C=O) groups is 3. The summed E-state index contributed by atoms with van der Waals surface area (Å²) >= 11 is 0.